The quantitative estimate of drug-likeness (QED) is 0.263. The molecule has 4 aromatic heterocycles. The molecule has 39 heavy (non-hydrogen) atoms. The molecule has 5 aromatic rings. The number of aromatic nitrogens is 7. The number of H-pyrrole nitrogens is 1. The third kappa shape index (κ3) is 4.27. The number of carbonyl (C=O) groups is 1. The van der Waals surface area contributed by atoms with E-state index in [-0.39, 0.29) is 28.0 Å². The number of nitrogens with two attached hydrogens (primary N) is 1. The summed E-state index contributed by atoms with van der Waals surface area (Å²) in [5.74, 6) is 6.41. The largest absolute Gasteiger partial charge is 0.381 e. The number of rotatable bonds is 4. The number of nitrogens with one attached hydrogen (secondary N) is 3. The number of para-hydroxylation sites is 1. The molecule has 1 amide bonds. The highest BCUT2D eigenvalue weighted by Crippen LogP contribution is 2.26. The molecule has 1 aromatic carbocycles. The van der Waals surface area contributed by atoms with Crippen molar-refractivity contribution < 1.29 is 4.79 Å². The minimum atomic E-state index is -0.702. The first-order valence-corrected chi connectivity index (χ1v) is 12.1. The van der Waals surface area contributed by atoms with Gasteiger partial charge >= 0.3 is 0 Å². The van der Waals surface area contributed by atoms with Crippen molar-refractivity contribution >= 4 is 34.8 Å². The van der Waals surface area contributed by atoms with Crippen molar-refractivity contribution in [1.82, 2.24) is 39.8 Å². The van der Waals surface area contributed by atoms with E-state index in [9.17, 15) is 9.59 Å². The minimum absolute atomic E-state index is 0.0855. The van der Waals surface area contributed by atoms with E-state index in [1.165, 1.54) is 9.25 Å². The van der Waals surface area contributed by atoms with Crippen LogP contribution in [0.2, 0.25) is 0 Å². The highest BCUT2D eigenvalue weighted by atomic mass is 16.2. The lowest BCUT2D eigenvalue weighted by Gasteiger charge is -2.19. The van der Waals surface area contributed by atoms with Crippen molar-refractivity contribution in [3.8, 4) is 17.5 Å². The number of carbonyl (C=O) groups excluding carboxylic acids is 1. The fourth-order valence-electron chi connectivity index (χ4n) is 4.36. The zero-order valence-electron chi connectivity index (χ0n) is 20.7. The number of hydrogen-bond acceptors (Lipinski definition) is 8. The van der Waals surface area contributed by atoms with Gasteiger partial charge in [-0.2, -0.15) is 5.10 Å². The SMILES string of the molecule is CC(NC(=O)c1c(N)nn2c1NCC=C2)c1nc2n[nH]c(C#Cc3ccncc3)c2c(=O)n1-c1ccccc1. The van der Waals surface area contributed by atoms with Crippen LogP contribution in [0.3, 0.4) is 0 Å². The highest BCUT2D eigenvalue weighted by Gasteiger charge is 2.27. The molecule has 0 fully saturated rings. The van der Waals surface area contributed by atoms with Gasteiger partial charge in [0, 0.05) is 30.7 Å². The number of pyridine rings is 1. The number of nitrogen functional groups attached to an aromatic ring is 1. The van der Waals surface area contributed by atoms with Gasteiger partial charge < -0.3 is 16.4 Å². The molecule has 0 bridgehead atoms. The second-order valence-electron chi connectivity index (χ2n) is 8.74. The van der Waals surface area contributed by atoms with Gasteiger partial charge in [-0.15, -0.1) is 5.10 Å². The maximum atomic E-state index is 13.9. The van der Waals surface area contributed by atoms with E-state index in [0.29, 0.717) is 29.6 Å². The van der Waals surface area contributed by atoms with Gasteiger partial charge in [0.05, 0.1) is 11.7 Å². The van der Waals surface area contributed by atoms with Crippen molar-refractivity contribution in [3.63, 3.8) is 0 Å². The normalized spacial score (nSPS) is 12.7. The Bertz CT molecular complexity index is 1860. The zero-order chi connectivity index (χ0) is 26.9. The Morgan fingerprint density at radius 1 is 1.15 bits per heavy atom. The highest BCUT2D eigenvalue weighted by molar-refractivity contribution is 6.04. The van der Waals surface area contributed by atoms with E-state index in [1.54, 1.807) is 49.8 Å². The third-order valence-corrected chi connectivity index (χ3v) is 6.17. The Balaban J connectivity index is 1.43. The summed E-state index contributed by atoms with van der Waals surface area (Å²) in [6.45, 7) is 2.28. The molecule has 1 unspecified atom stereocenters. The van der Waals surface area contributed by atoms with E-state index < -0.39 is 11.9 Å². The van der Waals surface area contributed by atoms with Gasteiger partial charge in [-0.1, -0.05) is 24.1 Å². The summed E-state index contributed by atoms with van der Waals surface area (Å²) in [6.07, 6.45) is 6.88. The summed E-state index contributed by atoms with van der Waals surface area (Å²) in [7, 11) is 0. The number of amides is 1. The second kappa shape index (κ2) is 9.64. The van der Waals surface area contributed by atoms with Gasteiger partial charge in [0.1, 0.15) is 28.3 Å². The molecule has 0 radical (unpaired) electrons. The fraction of sp³-hybridized carbons (Fsp3) is 0.111. The van der Waals surface area contributed by atoms with Gasteiger partial charge in [0.15, 0.2) is 11.5 Å². The van der Waals surface area contributed by atoms with Crippen molar-refractivity contribution in [1.29, 1.82) is 0 Å². The summed E-state index contributed by atoms with van der Waals surface area (Å²) >= 11 is 0. The smallest absolute Gasteiger partial charge is 0.270 e. The molecule has 0 saturated heterocycles. The Labute approximate surface area is 221 Å². The standard InChI is InChI=1S/C27H22N10O2/c1-16(31-26(38)21-22(28)35-36-15-5-12-30-25(21)36)24-32-23-20(27(39)37(24)18-6-3-2-4-7-18)19(33-34-23)9-8-17-10-13-29-14-11-17/h2-7,10-11,13-16,30H,12H2,1H3,(H2,28,35)(H,31,38)(H,33,34). The molecular weight excluding hydrogens is 496 g/mol. The number of nitrogens with zero attached hydrogens (tertiary/aromatic N) is 6. The first kappa shape index (κ1) is 23.7. The molecule has 12 nitrogen and oxygen atoms in total. The first-order chi connectivity index (χ1) is 19.0. The predicted molar refractivity (Wildman–Crippen MR) is 146 cm³/mol. The molecule has 5 heterocycles. The van der Waals surface area contributed by atoms with Crippen LogP contribution in [0.5, 0.6) is 0 Å². The van der Waals surface area contributed by atoms with Crippen LogP contribution in [0.25, 0.3) is 22.9 Å². The van der Waals surface area contributed by atoms with Crippen LogP contribution in [0.1, 0.15) is 40.4 Å². The lowest BCUT2D eigenvalue weighted by molar-refractivity contribution is 0.0939. The Morgan fingerprint density at radius 3 is 2.74 bits per heavy atom. The van der Waals surface area contributed by atoms with Gasteiger partial charge in [-0.05, 0) is 43.2 Å². The molecule has 1 aliphatic heterocycles. The topological polar surface area (TPSA) is 161 Å². The van der Waals surface area contributed by atoms with E-state index in [4.69, 9.17) is 5.73 Å². The van der Waals surface area contributed by atoms with E-state index in [0.717, 1.165) is 5.56 Å². The molecule has 12 heteroatoms. The molecule has 0 saturated carbocycles. The molecule has 0 spiro atoms. The van der Waals surface area contributed by atoms with Crippen LogP contribution in [0.4, 0.5) is 11.6 Å². The number of aromatic amines is 1. The molecule has 5 N–H and O–H groups in total. The molecular formula is C27H22N10O2. The summed E-state index contributed by atoms with van der Waals surface area (Å²) in [6, 6.07) is 11.9. The second-order valence-corrected chi connectivity index (χ2v) is 8.74. The summed E-state index contributed by atoms with van der Waals surface area (Å²) < 4.78 is 2.97. The van der Waals surface area contributed by atoms with Crippen LogP contribution >= 0.6 is 0 Å². The Hall–Kier alpha value is -5.70. The zero-order valence-corrected chi connectivity index (χ0v) is 20.7. The Morgan fingerprint density at radius 2 is 1.95 bits per heavy atom. The third-order valence-electron chi connectivity index (χ3n) is 6.17. The number of fused-ring (bicyclic) bond motifs is 2. The van der Waals surface area contributed by atoms with Gasteiger partial charge in [-0.3, -0.25) is 24.2 Å². The number of hydrogen-bond donors (Lipinski definition) is 4. The average molecular weight is 519 g/mol. The predicted octanol–water partition coefficient (Wildman–Crippen LogP) is 2.07. The minimum Gasteiger partial charge on any atom is -0.381 e. The van der Waals surface area contributed by atoms with Gasteiger partial charge in [0.2, 0.25) is 0 Å². The van der Waals surface area contributed by atoms with Crippen molar-refractivity contribution in [2.45, 2.75) is 13.0 Å². The van der Waals surface area contributed by atoms with Crippen LogP contribution < -0.4 is 21.9 Å². The monoisotopic (exact) mass is 518 g/mol. The van der Waals surface area contributed by atoms with E-state index in [2.05, 4.69) is 47.7 Å². The molecule has 1 aliphatic rings. The van der Waals surface area contributed by atoms with Gasteiger partial charge in [0.25, 0.3) is 11.5 Å². The van der Waals surface area contributed by atoms with Crippen LogP contribution in [-0.4, -0.2) is 47.0 Å². The number of anilines is 2. The summed E-state index contributed by atoms with van der Waals surface area (Å²) in [5, 5.41) is 17.5. The van der Waals surface area contributed by atoms with Crippen LogP contribution in [-0.2, 0) is 0 Å². The lowest BCUT2D eigenvalue weighted by atomic mass is 10.2. The fourth-order valence-corrected chi connectivity index (χ4v) is 4.36. The molecule has 1 atom stereocenters. The van der Waals surface area contributed by atoms with Crippen molar-refractivity contribution in [2.75, 3.05) is 17.6 Å². The van der Waals surface area contributed by atoms with Crippen molar-refractivity contribution in [3.05, 3.63) is 93.9 Å². The Kier molecular flexibility index (Phi) is 5.85. The summed E-state index contributed by atoms with van der Waals surface area (Å²) in [4.78, 5) is 35.9. The van der Waals surface area contributed by atoms with Crippen molar-refractivity contribution in [2.24, 2.45) is 0 Å². The van der Waals surface area contributed by atoms with E-state index in [1.807, 2.05) is 24.3 Å². The molecule has 0 aliphatic carbocycles. The van der Waals surface area contributed by atoms with Gasteiger partial charge in [-0.25, -0.2) is 9.67 Å². The molecule has 192 valence electrons. The summed E-state index contributed by atoms with van der Waals surface area (Å²) in [5.41, 5.74) is 7.76. The van der Waals surface area contributed by atoms with Crippen LogP contribution in [0.15, 0.2) is 65.7 Å². The van der Waals surface area contributed by atoms with E-state index >= 15 is 0 Å². The van der Waals surface area contributed by atoms with Crippen LogP contribution in [0, 0.1) is 11.8 Å². The average Bonchev–Trinajstić information content (AvgIpc) is 3.52. The maximum absolute atomic E-state index is 13.9. The number of benzene rings is 1. The maximum Gasteiger partial charge on any atom is 0.270 e. The first-order valence-electron chi connectivity index (χ1n) is 12.1. The molecule has 6 rings (SSSR count). The lowest BCUT2D eigenvalue weighted by Crippen LogP contribution is -2.33.